The largest absolute Gasteiger partial charge is 0.423 e. The summed E-state index contributed by atoms with van der Waals surface area (Å²) >= 11 is 0. The molecule has 0 aromatic carbocycles. The first kappa shape index (κ1) is 35.2. The lowest BCUT2D eigenvalue weighted by molar-refractivity contribution is -0.467. The number of hydrogen-bond donors (Lipinski definition) is 11. The van der Waals surface area contributed by atoms with Crippen molar-refractivity contribution in [2.75, 3.05) is 19.8 Å². The molecule has 4 saturated heterocycles. The predicted octanol–water partition coefficient (Wildman–Crippen LogP) is -7.36. The minimum Gasteiger partial charge on any atom is -0.423 e. The number of carbonyl (C=O) groups excluding carboxylic acids is 2. The van der Waals surface area contributed by atoms with Crippen LogP contribution in [0.3, 0.4) is 0 Å². The average molecular weight is 644 g/mol. The number of aliphatic hydroxyl groups is 8. The van der Waals surface area contributed by atoms with E-state index >= 15 is 0 Å². The zero-order chi connectivity index (χ0) is 32.6. The minimum atomic E-state index is -3.20. The number of rotatable bonds is 7. The van der Waals surface area contributed by atoms with Crippen molar-refractivity contribution in [2.24, 2.45) is 17.2 Å². The number of hydrogen-bond acceptors (Lipinski definition) is 20. The molecule has 4 rings (SSSR count). The third-order valence-electron chi connectivity index (χ3n) is 8.10. The molecule has 2 unspecified atom stereocenters. The van der Waals surface area contributed by atoms with Crippen molar-refractivity contribution in [3.05, 3.63) is 0 Å². The van der Waals surface area contributed by atoms with Crippen LogP contribution >= 0.6 is 0 Å². The second-order valence-corrected chi connectivity index (χ2v) is 11.1. The number of nitrogens with two attached hydrogens (primary N) is 3. The molecule has 0 aromatic rings. The maximum Gasteiger partial charge on any atom is 0.308 e. The third-order valence-corrected chi connectivity index (χ3v) is 8.10. The fraction of sp³-hybridized carbons (Fsp3) is 0.917. The number of esters is 2. The summed E-state index contributed by atoms with van der Waals surface area (Å²) < 4.78 is 38.1. The maximum absolute atomic E-state index is 12.5. The van der Waals surface area contributed by atoms with Crippen LogP contribution in [0.1, 0.15) is 25.7 Å². The molecule has 4 fully saturated rings. The summed E-state index contributed by atoms with van der Waals surface area (Å²) in [7, 11) is 0. The Bertz CT molecular complexity index is 1010. The minimum absolute atomic E-state index is 0.191. The van der Waals surface area contributed by atoms with E-state index in [-0.39, 0.29) is 25.7 Å². The molecule has 20 nitrogen and oxygen atoms in total. The predicted molar refractivity (Wildman–Crippen MR) is 136 cm³/mol. The first-order chi connectivity index (χ1) is 20.7. The Kier molecular flexibility index (Phi) is 11.2. The smallest absolute Gasteiger partial charge is 0.308 e. The highest BCUT2D eigenvalue weighted by Gasteiger charge is 2.70. The van der Waals surface area contributed by atoms with E-state index in [0.717, 1.165) is 0 Å². The van der Waals surface area contributed by atoms with E-state index in [1.165, 1.54) is 0 Å². The van der Waals surface area contributed by atoms with Gasteiger partial charge in [-0.15, -0.1) is 0 Å². The molecule has 0 spiro atoms. The van der Waals surface area contributed by atoms with Gasteiger partial charge in [0.2, 0.25) is 0 Å². The molecular weight excluding hydrogens is 602 g/mol. The molecule has 0 saturated carbocycles. The Morgan fingerprint density at radius 3 is 1.84 bits per heavy atom. The molecule has 4 heterocycles. The van der Waals surface area contributed by atoms with E-state index in [0.29, 0.717) is 0 Å². The summed E-state index contributed by atoms with van der Waals surface area (Å²) in [6, 6.07) is -4.64. The second kappa shape index (κ2) is 14.0. The molecular formula is C24H41N3O17. The third kappa shape index (κ3) is 6.44. The van der Waals surface area contributed by atoms with Crippen LogP contribution in [0, 0.1) is 0 Å². The molecule has 0 aromatic heterocycles. The Balaban J connectivity index is 1.56. The van der Waals surface area contributed by atoms with Crippen LogP contribution < -0.4 is 17.2 Å². The number of ether oxygens (including phenoxy) is 7. The van der Waals surface area contributed by atoms with E-state index in [1.807, 2.05) is 0 Å². The van der Waals surface area contributed by atoms with Gasteiger partial charge in [-0.05, 0) is 12.8 Å². The van der Waals surface area contributed by atoms with Gasteiger partial charge in [0, 0.05) is 12.8 Å². The normalized spacial score (nSPS) is 49.0. The summed E-state index contributed by atoms with van der Waals surface area (Å²) in [6.07, 6.45) is -16.7. The number of aliphatic hydroxyl groups excluding tert-OH is 7. The molecule has 4 aliphatic heterocycles. The first-order valence-electron chi connectivity index (χ1n) is 14.0. The van der Waals surface area contributed by atoms with Crippen LogP contribution in [-0.4, -0.2) is 164 Å². The molecule has 0 aliphatic carbocycles. The van der Waals surface area contributed by atoms with Crippen LogP contribution in [0.4, 0.5) is 0 Å². The highest BCUT2D eigenvalue weighted by Crippen LogP contribution is 2.42. The van der Waals surface area contributed by atoms with Crippen LogP contribution in [-0.2, 0) is 42.7 Å². The SMILES string of the molecule is N[C@H]1[C@@H](OC2[C@@H](CO)O[C@@H](OC3[C@@H](CO)O[C@@H](O)[C@H](N)[C@H]3O)[C@H](N)[C@H]2O)O[C@]2(CO)OC(=O)CCCCC(=O)O[C@@]2(O)[C@@H]1O. The van der Waals surface area contributed by atoms with E-state index in [4.69, 9.17) is 50.4 Å². The van der Waals surface area contributed by atoms with E-state index in [1.54, 1.807) is 0 Å². The highest BCUT2D eigenvalue weighted by molar-refractivity contribution is 5.72. The van der Waals surface area contributed by atoms with Crippen molar-refractivity contribution < 1.29 is 83.6 Å². The quantitative estimate of drug-likeness (QED) is 0.115. The molecule has 14 N–H and O–H groups in total. The van der Waals surface area contributed by atoms with E-state index in [9.17, 15) is 50.4 Å². The van der Waals surface area contributed by atoms with Gasteiger partial charge in [0.15, 0.2) is 18.9 Å². The Hall–Kier alpha value is -1.70. The van der Waals surface area contributed by atoms with Gasteiger partial charge in [-0.3, -0.25) is 9.59 Å². The van der Waals surface area contributed by atoms with Crippen molar-refractivity contribution in [1.29, 1.82) is 0 Å². The van der Waals surface area contributed by atoms with Gasteiger partial charge in [-0.25, -0.2) is 0 Å². The lowest BCUT2D eigenvalue weighted by Gasteiger charge is -2.54. The fourth-order valence-electron chi connectivity index (χ4n) is 5.48. The lowest BCUT2D eigenvalue weighted by atomic mass is 9.89. The van der Waals surface area contributed by atoms with Crippen molar-refractivity contribution in [1.82, 2.24) is 0 Å². The van der Waals surface area contributed by atoms with Gasteiger partial charge in [0.05, 0.1) is 31.3 Å². The molecule has 254 valence electrons. The summed E-state index contributed by atoms with van der Waals surface area (Å²) in [6.45, 7) is -2.93. The summed E-state index contributed by atoms with van der Waals surface area (Å²) in [5.74, 6) is -8.15. The molecule has 44 heavy (non-hydrogen) atoms. The zero-order valence-electron chi connectivity index (χ0n) is 23.4. The monoisotopic (exact) mass is 643 g/mol. The van der Waals surface area contributed by atoms with E-state index in [2.05, 4.69) is 0 Å². The first-order valence-corrected chi connectivity index (χ1v) is 14.0. The van der Waals surface area contributed by atoms with Crippen LogP contribution in [0.2, 0.25) is 0 Å². The van der Waals surface area contributed by atoms with Gasteiger partial charge in [-0.2, -0.15) is 0 Å². The summed E-state index contributed by atoms with van der Waals surface area (Å²) in [5.41, 5.74) is 17.9. The Morgan fingerprint density at radius 2 is 1.27 bits per heavy atom. The molecule has 15 atom stereocenters. The summed E-state index contributed by atoms with van der Waals surface area (Å²) in [4.78, 5) is 24.9. The van der Waals surface area contributed by atoms with Crippen molar-refractivity contribution in [2.45, 2.75) is 117 Å². The molecule has 20 heteroatoms. The standard InChI is InChI=1S/C24H41N3O17/c25-12-15(33)17(8(5-28)38-20(12)36)40-21-13(26)16(34)18(9(6-29)39-21)41-22-14(27)19(35)24(37)23(7-30,44-22)42-10(31)3-1-2-4-11(32)43-24/h8-9,12-22,28-30,33-37H,1-7,25-27H2/t8-,9-,12-,13-,14-,15-,16-,17?,18?,19-,20-,21+,22+,23+,24+/m1/s1. The van der Waals surface area contributed by atoms with Crippen molar-refractivity contribution in [3.63, 3.8) is 0 Å². The van der Waals surface area contributed by atoms with Gasteiger partial charge in [0.1, 0.15) is 49.3 Å². The van der Waals surface area contributed by atoms with Gasteiger partial charge < -0.3 is 91.2 Å². The fourth-order valence-corrected chi connectivity index (χ4v) is 5.48. The number of fused-ring (bicyclic) bond motifs is 1. The van der Waals surface area contributed by atoms with Crippen LogP contribution in [0.5, 0.6) is 0 Å². The van der Waals surface area contributed by atoms with Crippen molar-refractivity contribution >= 4 is 11.9 Å². The molecule has 0 amide bonds. The zero-order valence-corrected chi connectivity index (χ0v) is 23.4. The lowest BCUT2D eigenvalue weighted by Crippen LogP contribution is -2.78. The molecule has 4 aliphatic rings. The molecule has 0 radical (unpaired) electrons. The Labute approximate surface area is 250 Å². The summed E-state index contributed by atoms with van der Waals surface area (Å²) in [5, 5.41) is 83.7. The van der Waals surface area contributed by atoms with Crippen LogP contribution in [0.25, 0.3) is 0 Å². The second-order valence-electron chi connectivity index (χ2n) is 11.1. The number of carbonyl (C=O) groups is 2. The Morgan fingerprint density at radius 1 is 0.750 bits per heavy atom. The van der Waals surface area contributed by atoms with Gasteiger partial charge in [-0.1, -0.05) is 0 Å². The maximum atomic E-state index is 12.5. The van der Waals surface area contributed by atoms with Gasteiger partial charge >= 0.3 is 23.5 Å². The van der Waals surface area contributed by atoms with Crippen LogP contribution in [0.15, 0.2) is 0 Å². The van der Waals surface area contributed by atoms with Crippen molar-refractivity contribution in [3.8, 4) is 0 Å². The molecule has 0 bridgehead atoms. The van der Waals surface area contributed by atoms with Gasteiger partial charge in [0.25, 0.3) is 0 Å². The highest BCUT2D eigenvalue weighted by atomic mass is 16.8. The topological polar surface area (TPSA) is 339 Å². The average Bonchev–Trinajstić information content (AvgIpc) is 2.99. The van der Waals surface area contributed by atoms with E-state index < -0.39 is 123 Å².